The molecule has 2 unspecified atom stereocenters. The minimum absolute atomic E-state index is 0.0120. The molecule has 0 bridgehead atoms. The van der Waals surface area contributed by atoms with Gasteiger partial charge in [0.1, 0.15) is 6.17 Å². The number of rotatable bonds is 5. The van der Waals surface area contributed by atoms with Crippen molar-refractivity contribution >= 4 is 33.7 Å². The molecular weight excluding hydrogens is 633 g/mol. The van der Waals surface area contributed by atoms with Crippen LogP contribution >= 0.6 is 0 Å². The summed E-state index contributed by atoms with van der Waals surface area (Å²) in [5, 5.41) is 8.86. The van der Waals surface area contributed by atoms with Crippen LogP contribution in [-0.2, 0) is 0 Å². The van der Waals surface area contributed by atoms with Crippen LogP contribution < -0.4 is 15.5 Å². The standard InChI is InChI=1S/C48H36N4/c1-3-15-32(16-4-1)42-31-43(51-48(50-42)33-17-5-2-6-18-33)36-21-13-19-34(29-36)35-20-14-22-37(30-35)52-44-27-11-8-24-39(44)46-38-23-7-10-26-41(38)49-47(46)40-25-9-12-28-45(40)52/h1-31,43,48-51H. The van der Waals surface area contributed by atoms with Crippen molar-refractivity contribution in [3.05, 3.63) is 205 Å². The number of H-pyrrole nitrogens is 1. The molecule has 10 rings (SSSR count). The third kappa shape index (κ3) is 5.20. The maximum Gasteiger partial charge on any atom is 0.104 e. The van der Waals surface area contributed by atoms with Crippen molar-refractivity contribution in [3.8, 4) is 33.5 Å². The monoisotopic (exact) mass is 668 g/mol. The van der Waals surface area contributed by atoms with E-state index in [0.29, 0.717) is 0 Å². The number of aromatic amines is 1. The number of fused-ring (bicyclic) bond motifs is 7. The molecule has 8 aromatic rings. The summed E-state index contributed by atoms with van der Waals surface area (Å²) in [5.41, 5.74) is 16.4. The van der Waals surface area contributed by atoms with Gasteiger partial charge in [0.2, 0.25) is 0 Å². The van der Waals surface area contributed by atoms with Gasteiger partial charge in [-0.25, -0.2) is 0 Å². The molecule has 2 aliphatic rings. The summed E-state index contributed by atoms with van der Waals surface area (Å²) >= 11 is 0. The topological polar surface area (TPSA) is 43.1 Å². The highest BCUT2D eigenvalue weighted by Gasteiger charge is 2.29. The predicted octanol–water partition coefficient (Wildman–Crippen LogP) is 11.9. The maximum absolute atomic E-state index is 3.88. The fourth-order valence-electron chi connectivity index (χ4n) is 7.98. The molecule has 0 saturated heterocycles. The van der Waals surface area contributed by atoms with E-state index in [4.69, 9.17) is 0 Å². The third-order valence-corrected chi connectivity index (χ3v) is 10.4. The van der Waals surface area contributed by atoms with Gasteiger partial charge in [-0.05, 0) is 70.3 Å². The molecule has 2 atom stereocenters. The van der Waals surface area contributed by atoms with Gasteiger partial charge in [0.15, 0.2) is 0 Å². The minimum Gasteiger partial charge on any atom is -0.366 e. The molecule has 1 aromatic heterocycles. The lowest BCUT2D eigenvalue weighted by atomic mass is 9.95. The first-order valence-corrected chi connectivity index (χ1v) is 17.9. The zero-order valence-electron chi connectivity index (χ0n) is 28.5. The number of benzene rings is 7. The summed E-state index contributed by atoms with van der Waals surface area (Å²) in [5.74, 6) is 0. The number of anilines is 3. The predicted molar refractivity (Wildman–Crippen MR) is 215 cm³/mol. The fraction of sp³-hybridized carbons (Fsp3) is 0.0417. The van der Waals surface area contributed by atoms with Crippen molar-refractivity contribution in [1.29, 1.82) is 0 Å². The Kier molecular flexibility index (Phi) is 7.33. The Morgan fingerprint density at radius 1 is 0.481 bits per heavy atom. The van der Waals surface area contributed by atoms with E-state index < -0.39 is 0 Å². The first kappa shape index (κ1) is 30.2. The fourth-order valence-corrected chi connectivity index (χ4v) is 7.98. The van der Waals surface area contributed by atoms with Gasteiger partial charge in [-0.2, -0.15) is 0 Å². The summed E-state index contributed by atoms with van der Waals surface area (Å²) in [6.07, 6.45) is 2.28. The van der Waals surface area contributed by atoms with Gasteiger partial charge in [-0.15, -0.1) is 0 Å². The number of nitrogens with one attached hydrogen (secondary N) is 3. The molecule has 4 nitrogen and oxygen atoms in total. The average Bonchev–Trinajstić information content (AvgIpc) is 3.56. The third-order valence-electron chi connectivity index (χ3n) is 10.4. The normalized spacial score (nSPS) is 16.2. The van der Waals surface area contributed by atoms with E-state index in [1.165, 1.54) is 49.9 Å². The number of hydrogen-bond donors (Lipinski definition) is 3. The van der Waals surface area contributed by atoms with Crippen LogP contribution in [-0.4, -0.2) is 4.98 Å². The van der Waals surface area contributed by atoms with E-state index in [9.17, 15) is 0 Å². The first-order valence-electron chi connectivity index (χ1n) is 17.9. The van der Waals surface area contributed by atoms with Crippen LogP contribution in [0.1, 0.15) is 28.9 Å². The molecule has 3 heterocycles. The Labute approximate surface area is 303 Å². The van der Waals surface area contributed by atoms with Gasteiger partial charge in [0.25, 0.3) is 0 Å². The molecule has 0 radical (unpaired) electrons. The average molecular weight is 669 g/mol. The van der Waals surface area contributed by atoms with Crippen LogP contribution in [0.25, 0.3) is 50.1 Å². The van der Waals surface area contributed by atoms with Crippen molar-refractivity contribution in [1.82, 2.24) is 15.6 Å². The highest BCUT2D eigenvalue weighted by molar-refractivity contribution is 6.11. The van der Waals surface area contributed by atoms with Crippen molar-refractivity contribution in [2.45, 2.75) is 12.2 Å². The van der Waals surface area contributed by atoms with E-state index in [-0.39, 0.29) is 12.2 Å². The Morgan fingerprint density at radius 2 is 1.10 bits per heavy atom. The number of para-hydroxylation sites is 3. The van der Waals surface area contributed by atoms with E-state index in [1.807, 2.05) is 0 Å². The minimum atomic E-state index is -0.0294. The summed E-state index contributed by atoms with van der Waals surface area (Å²) in [6, 6.07) is 65.4. The molecule has 3 N–H and O–H groups in total. The van der Waals surface area contributed by atoms with Crippen LogP contribution in [0, 0.1) is 0 Å². The second-order valence-electron chi connectivity index (χ2n) is 13.5. The smallest absolute Gasteiger partial charge is 0.104 e. The van der Waals surface area contributed by atoms with Crippen molar-refractivity contribution in [2.75, 3.05) is 4.90 Å². The van der Waals surface area contributed by atoms with Crippen LogP contribution in [0.2, 0.25) is 0 Å². The van der Waals surface area contributed by atoms with E-state index in [1.54, 1.807) is 0 Å². The Bertz CT molecular complexity index is 2600. The first-order chi connectivity index (χ1) is 25.8. The largest absolute Gasteiger partial charge is 0.366 e. The molecular formula is C48H36N4. The molecule has 0 amide bonds. The van der Waals surface area contributed by atoms with Gasteiger partial charge >= 0.3 is 0 Å². The molecule has 2 aliphatic heterocycles. The lowest BCUT2D eigenvalue weighted by molar-refractivity contribution is 0.443. The van der Waals surface area contributed by atoms with Crippen LogP contribution in [0.15, 0.2) is 188 Å². The summed E-state index contributed by atoms with van der Waals surface area (Å²) in [6.45, 7) is 0. The zero-order valence-corrected chi connectivity index (χ0v) is 28.5. The molecule has 0 spiro atoms. The Balaban J connectivity index is 1.07. The van der Waals surface area contributed by atoms with Crippen LogP contribution in [0.3, 0.4) is 0 Å². The van der Waals surface area contributed by atoms with Crippen molar-refractivity contribution in [3.63, 3.8) is 0 Å². The lowest BCUT2D eigenvalue weighted by Gasteiger charge is -2.33. The SMILES string of the molecule is C1=C(c2ccccc2)NC(c2ccccc2)NC1c1cccc(-c2cccc(N3c4ccccc4-c4[nH]c5ccccc5c4-c4ccccc43)c2)c1. The maximum atomic E-state index is 3.88. The number of aromatic nitrogens is 1. The van der Waals surface area contributed by atoms with Crippen LogP contribution in [0.5, 0.6) is 0 Å². The summed E-state index contributed by atoms with van der Waals surface area (Å²) < 4.78 is 0. The van der Waals surface area contributed by atoms with E-state index in [2.05, 4.69) is 209 Å². The molecule has 4 heteroatoms. The lowest BCUT2D eigenvalue weighted by Crippen LogP contribution is -2.39. The molecule has 0 aliphatic carbocycles. The second-order valence-corrected chi connectivity index (χ2v) is 13.5. The Morgan fingerprint density at radius 3 is 1.92 bits per heavy atom. The molecule has 7 aromatic carbocycles. The highest BCUT2D eigenvalue weighted by atomic mass is 15.2. The van der Waals surface area contributed by atoms with Crippen molar-refractivity contribution < 1.29 is 0 Å². The molecule has 248 valence electrons. The van der Waals surface area contributed by atoms with Gasteiger partial charge < -0.3 is 15.2 Å². The van der Waals surface area contributed by atoms with Crippen molar-refractivity contribution in [2.24, 2.45) is 0 Å². The van der Waals surface area contributed by atoms with E-state index in [0.717, 1.165) is 34.0 Å². The quantitative estimate of drug-likeness (QED) is 0.171. The number of nitrogens with zero attached hydrogens (tertiary/aromatic N) is 1. The molecule has 0 saturated carbocycles. The summed E-state index contributed by atoms with van der Waals surface area (Å²) in [4.78, 5) is 6.21. The highest BCUT2D eigenvalue weighted by Crippen LogP contribution is 2.52. The second kappa shape index (κ2) is 12.6. The molecule has 0 fully saturated rings. The van der Waals surface area contributed by atoms with Gasteiger partial charge in [0, 0.05) is 39.0 Å². The zero-order chi connectivity index (χ0) is 34.4. The summed E-state index contributed by atoms with van der Waals surface area (Å²) in [7, 11) is 0. The number of hydrogen-bond acceptors (Lipinski definition) is 3. The van der Waals surface area contributed by atoms with Crippen LogP contribution in [0.4, 0.5) is 17.1 Å². The van der Waals surface area contributed by atoms with E-state index >= 15 is 0 Å². The van der Waals surface area contributed by atoms with Gasteiger partial charge in [0.05, 0.1) is 23.1 Å². The van der Waals surface area contributed by atoms with Gasteiger partial charge in [-0.1, -0.05) is 146 Å². The Hall–Kier alpha value is -6.62. The molecule has 52 heavy (non-hydrogen) atoms. The van der Waals surface area contributed by atoms with Gasteiger partial charge in [-0.3, -0.25) is 5.32 Å².